The Bertz CT molecular complexity index is 106. The number of nitrogens with two attached hydrogens (primary N) is 2. The van der Waals surface area contributed by atoms with Gasteiger partial charge in [0.15, 0.2) is 0 Å². The zero-order valence-electron chi connectivity index (χ0n) is 10.3. The van der Waals surface area contributed by atoms with Gasteiger partial charge in [0.1, 0.15) is 0 Å². The molecule has 0 radical (unpaired) electrons. The normalized spacial score (nSPS) is 9.93. The number of hydrogen-bond acceptors (Lipinski definition) is 3. The van der Waals surface area contributed by atoms with Gasteiger partial charge in [0, 0.05) is 26.1 Å². The monoisotopic (exact) mass is 205 g/mol. The van der Waals surface area contributed by atoms with E-state index in [9.17, 15) is 4.79 Å². The lowest BCUT2D eigenvalue weighted by Crippen LogP contribution is -2.26. The molecule has 0 aliphatic heterocycles. The molecule has 88 valence electrons. The Balaban J connectivity index is -0.000000152. The van der Waals surface area contributed by atoms with Gasteiger partial charge in [-0.15, -0.1) is 0 Å². The van der Waals surface area contributed by atoms with E-state index in [1.807, 2.05) is 20.8 Å². The van der Waals surface area contributed by atoms with E-state index in [0.717, 1.165) is 6.42 Å². The molecule has 0 aromatic carbocycles. The van der Waals surface area contributed by atoms with Crippen molar-refractivity contribution in [2.24, 2.45) is 11.5 Å². The molecule has 0 aromatic rings. The zero-order chi connectivity index (χ0) is 12.0. The van der Waals surface area contributed by atoms with E-state index in [2.05, 4.69) is 12.2 Å². The van der Waals surface area contributed by atoms with Gasteiger partial charge < -0.3 is 16.8 Å². The lowest BCUT2D eigenvalue weighted by atomic mass is 10.3. The van der Waals surface area contributed by atoms with Crippen LogP contribution in [0.15, 0.2) is 0 Å². The largest absolute Gasteiger partial charge is 0.355 e. The molecule has 5 N–H and O–H groups in total. The second kappa shape index (κ2) is 18.2. The number of hydrogen-bond donors (Lipinski definition) is 3. The van der Waals surface area contributed by atoms with Gasteiger partial charge in [0.25, 0.3) is 0 Å². The predicted molar refractivity (Wildman–Crippen MR) is 63.0 cm³/mol. The molecule has 0 saturated heterocycles. The Morgan fingerprint density at radius 3 is 1.86 bits per heavy atom. The molecule has 1 unspecified atom stereocenters. The molecule has 0 saturated carbocycles. The molecular weight excluding hydrogens is 178 g/mol. The summed E-state index contributed by atoms with van der Waals surface area (Å²) in [7, 11) is 0. The third-order valence-corrected chi connectivity index (χ3v) is 1.16. The van der Waals surface area contributed by atoms with Crippen molar-refractivity contribution in [2.75, 3.05) is 13.1 Å². The van der Waals surface area contributed by atoms with Crippen LogP contribution in [0, 0.1) is 0 Å². The molecule has 0 rings (SSSR count). The fraction of sp³-hybridized carbons (Fsp3) is 0.900. The van der Waals surface area contributed by atoms with Crippen LogP contribution in [0.2, 0.25) is 0 Å². The molecule has 0 spiro atoms. The van der Waals surface area contributed by atoms with E-state index in [1.54, 1.807) is 0 Å². The van der Waals surface area contributed by atoms with Gasteiger partial charge >= 0.3 is 0 Å². The van der Waals surface area contributed by atoms with Crippen LogP contribution in [0.25, 0.3) is 0 Å². The van der Waals surface area contributed by atoms with Crippen molar-refractivity contribution in [1.82, 2.24) is 5.32 Å². The Labute approximate surface area is 88.4 Å². The third kappa shape index (κ3) is 42.3. The standard InChI is InChI=1S/C4H10N2O.C4H11N.C2H6/c1-4(7)6-3-2-5;1-3-4(2)5;1-2/h2-3,5H2,1H3,(H,6,7);4H,3,5H2,1-2H3;1-2H3. The molecule has 4 heteroatoms. The van der Waals surface area contributed by atoms with Crippen molar-refractivity contribution in [3.63, 3.8) is 0 Å². The van der Waals surface area contributed by atoms with Crippen molar-refractivity contribution >= 4 is 5.91 Å². The Morgan fingerprint density at radius 1 is 1.43 bits per heavy atom. The summed E-state index contributed by atoms with van der Waals surface area (Å²) >= 11 is 0. The van der Waals surface area contributed by atoms with Crippen LogP contribution in [0.3, 0.4) is 0 Å². The minimum atomic E-state index is -0.0227. The zero-order valence-corrected chi connectivity index (χ0v) is 10.3. The van der Waals surface area contributed by atoms with Gasteiger partial charge in [-0.05, 0) is 13.3 Å². The molecular formula is C10H27N3O. The summed E-state index contributed by atoms with van der Waals surface area (Å²) < 4.78 is 0. The quantitative estimate of drug-likeness (QED) is 0.639. The summed E-state index contributed by atoms with van der Waals surface area (Å²) in [5, 5.41) is 2.53. The van der Waals surface area contributed by atoms with E-state index >= 15 is 0 Å². The van der Waals surface area contributed by atoms with Crippen LogP contribution < -0.4 is 16.8 Å². The van der Waals surface area contributed by atoms with Crippen molar-refractivity contribution in [3.8, 4) is 0 Å². The fourth-order valence-electron chi connectivity index (χ4n) is 0.248. The van der Waals surface area contributed by atoms with Crippen LogP contribution >= 0.6 is 0 Å². The molecule has 1 atom stereocenters. The van der Waals surface area contributed by atoms with E-state index < -0.39 is 0 Å². The number of carbonyl (C=O) groups excluding carboxylic acids is 1. The van der Waals surface area contributed by atoms with Gasteiger partial charge in [0.2, 0.25) is 5.91 Å². The first-order chi connectivity index (χ1) is 6.54. The SMILES string of the molecule is CC.CC(=O)NCCN.CCC(C)N. The van der Waals surface area contributed by atoms with Gasteiger partial charge in [-0.25, -0.2) is 0 Å². The third-order valence-electron chi connectivity index (χ3n) is 1.16. The van der Waals surface area contributed by atoms with Crippen molar-refractivity contribution in [1.29, 1.82) is 0 Å². The average molecular weight is 205 g/mol. The highest BCUT2D eigenvalue weighted by molar-refractivity contribution is 5.72. The van der Waals surface area contributed by atoms with Crippen LogP contribution in [-0.4, -0.2) is 25.0 Å². The van der Waals surface area contributed by atoms with E-state index in [0.29, 0.717) is 19.1 Å². The molecule has 0 bridgehead atoms. The minimum Gasteiger partial charge on any atom is -0.355 e. The number of nitrogens with one attached hydrogen (secondary N) is 1. The van der Waals surface area contributed by atoms with E-state index in [-0.39, 0.29) is 5.91 Å². The fourth-order valence-corrected chi connectivity index (χ4v) is 0.248. The lowest BCUT2D eigenvalue weighted by Gasteiger charge is -1.93. The molecule has 0 aromatic heterocycles. The first-order valence-electron chi connectivity index (χ1n) is 5.24. The lowest BCUT2D eigenvalue weighted by molar-refractivity contribution is -0.118. The minimum absolute atomic E-state index is 0.0227. The van der Waals surface area contributed by atoms with Gasteiger partial charge in [-0.1, -0.05) is 20.8 Å². The second-order valence-electron chi connectivity index (χ2n) is 2.66. The van der Waals surface area contributed by atoms with Crippen LogP contribution in [0.1, 0.15) is 41.0 Å². The van der Waals surface area contributed by atoms with Crippen molar-refractivity contribution < 1.29 is 4.79 Å². The summed E-state index contributed by atoms with van der Waals surface area (Å²) in [4.78, 5) is 10.0. The van der Waals surface area contributed by atoms with Crippen molar-refractivity contribution in [2.45, 2.75) is 47.1 Å². The Kier molecular flexibility index (Phi) is 24.8. The highest BCUT2D eigenvalue weighted by Crippen LogP contribution is 1.77. The number of carbonyl (C=O) groups is 1. The maximum absolute atomic E-state index is 10.0. The smallest absolute Gasteiger partial charge is 0.216 e. The summed E-state index contributed by atoms with van der Waals surface area (Å²) in [6.45, 7) is 10.6. The second-order valence-corrected chi connectivity index (χ2v) is 2.66. The maximum Gasteiger partial charge on any atom is 0.216 e. The average Bonchev–Trinajstić information content (AvgIpc) is 2.18. The van der Waals surface area contributed by atoms with Crippen LogP contribution in [-0.2, 0) is 4.79 Å². The molecule has 1 amide bonds. The Hall–Kier alpha value is -0.610. The maximum atomic E-state index is 10.0. The van der Waals surface area contributed by atoms with Crippen molar-refractivity contribution in [3.05, 3.63) is 0 Å². The summed E-state index contributed by atoms with van der Waals surface area (Å²) in [5.74, 6) is -0.0227. The highest BCUT2D eigenvalue weighted by Gasteiger charge is 1.83. The Morgan fingerprint density at radius 2 is 1.79 bits per heavy atom. The van der Waals surface area contributed by atoms with Crippen LogP contribution in [0.5, 0.6) is 0 Å². The van der Waals surface area contributed by atoms with E-state index in [4.69, 9.17) is 11.5 Å². The first kappa shape index (κ1) is 19.0. The topological polar surface area (TPSA) is 81.1 Å². The molecule has 4 nitrogen and oxygen atoms in total. The number of amides is 1. The van der Waals surface area contributed by atoms with Gasteiger partial charge in [-0.3, -0.25) is 4.79 Å². The highest BCUT2D eigenvalue weighted by atomic mass is 16.1. The molecule has 0 aliphatic carbocycles. The molecule has 0 aliphatic rings. The number of rotatable bonds is 3. The first-order valence-corrected chi connectivity index (χ1v) is 5.24. The summed E-state index contributed by atoms with van der Waals surface area (Å²) in [6, 6.07) is 0.384. The molecule has 0 heterocycles. The molecule has 14 heavy (non-hydrogen) atoms. The summed E-state index contributed by atoms with van der Waals surface area (Å²) in [5.41, 5.74) is 10.4. The molecule has 0 fully saturated rings. The van der Waals surface area contributed by atoms with Gasteiger partial charge in [0.05, 0.1) is 0 Å². The van der Waals surface area contributed by atoms with Gasteiger partial charge in [-0.2, -0.15) is 0 Å². The predicted octanol–water partition coefficient (Wildman–Crippen LogP) is 0.851. The van der Waals surface area contributed by atoms with Crippen LogP contribution in [0.4, 0.5) is 0 Å². The van der Waals surface area contributed by atoms with E-state index in [1.165, 1.54) is 6.92 Å². The summed E-state index contributed by atoms with van der Waals surface area (Å²) in [6.07, 6.45) is 1.08.